The minimum Gasteiger partial charge on any atom is -0.462 e. The van der Waals surface area contributed by atoms with Crippen molar-refractivity contribution >= 4 is 16.1 Å². The lowest BCUT2D eigenvalue weighted by Gasteiger charge is -2.19. The molecule has 1 fully saturated rings. The molecule has 2 atom stereocenters. The molecule has 0 heterocycles. The minimum atomic E-state index is -3.82. The summed E-state index contributed by atoms with van der Waals surface area (Å²) in [4.78, 5) is 12.2. The first-order valence-corrected chi connectivity index (χ1v) is 10.1. The van der Waals surface area contributed by atoms with Crippen LogP contribution < -0.4 is 0 Å². The van der Waals surface area contributed by atoms with Gasteiger partial charge in [-0.25, -0.2) is 4.79 Å². The monoisotopic (exact) mass is 374 g/mol. The van der Waals surface area contributed by atoms with Gasteiger partial charge in [-0.15, -0.1) is 0 Å². The lowest BCUT2D eigenvalue weighted by atomic mass is 10.1. The van der Waals surface area contributed by atoms with Crippen molar-refractivity contribution in [3.63, 3.8) is 0 Å². The predicted molar refractivity (Wildman–Crippen MR) is 97.3 cm³/mol. The third-order valence-corrected chi connectivity index (χ3v) is 5.94. The van der Waals surface area contributed by atoms with Crippen LogP contribution in [0.1, 0.15) is 35.2 Å². The number of hydrogen-bond acceptors (Lipinski definition) is 5. The van der Waals surface area contributed by atoms with E-state index in [1.165, 1.54) is 0 Å². The summed E-state index contributed by atoms with van der Waals surface area (Å²) in [5.41, 5.74) is 1.46. The van der Waals surface area contributed by atoms with Crippen LogP contribution in [-0.2, 0) is 19.0 Å². The molecule has 0 bridgehead atoms. The summed E-state index contributed by atoms with van der Waals surface area (Å²) in [7, 11) is -3.82. The van der Waals surface area contributed by atoms with E-state index in [4.69, 9.17) is 8.92 Å². The number of rotatable bonds is 6. The number of aryl methyl sites for hydroxylation is 1. The van der Waals surface area contributed by atoms with Crippen molar-refractivity contribution in [1.82, 2.24) is 0 Å². The molecule has 2 aromatic carbocycles. The Morgan fingerprint density at radius 2 is 1.73 bits per heavy atom. The molecule has 1 aliphatic rings. The largest absolute Gasteiger partial charge is 0.462 e. The van der Waals surface area contributed by atoms with Crippen LogP contribution in [0.15, 0.2) is 59.5 Å². The van der Waals surface area contributed by atoms with Gasteiger partial charge in [-0.1, -0.05) is 42.3 Å². The Bertz CT molecular complexity index is 844. The van der Waals surface area contributed by atoms with E-state index in [0.29, 0.717) is 12.0 Å². The molecule has 1 aliphatic carbocycles. The Labute approximate surface area is 154 Å². The topological polar surface area (TPSA) is 69.7 Å². The first-order valence-electron chi connectivity index (χ1n) is 8.68. The molecule has 138 valence electrons. The zero-order valence-corrected chi connectivity index (χ0v) is 15.4. The van der Waals surface area contributed by atoms with Gasteiger partial charge in [-0.3, -0.25) is 4.18 Å². The van der Waals surface area contributed by atoms with Gasteiger partial charge in [0, 0.05) is 5.92 Å². The summed E-state index contributed by atoms with van der Waals surface area (Å²) in [6, 6.07) is 15.3. The molecule has 0 amide bonds. The van der Waals surface area contributed by atoms with Crippen molar-refractivity contribution < 1.29 is 22.1 Å². The molecule has 2 aromatic rings. The average molecular weight is 374 g/mol. The predicted octanol–water partition coefficient (Wildman–Crippen LogP) is 3.73. The number of carbonyl (C=O) groups is 1. The smallest absolute Gasteiger partial charge is 0.338 e. The molecule has 5 nitrogen and oxygen atoms in total. The van der Waals surface area contributed by atoms with Crippen LogP contribution >= 0.6 is 0 Å². The molecule has 2 unspecified atom stereocenters. The van der Waals surface area contributed by atoms with Gasteiger partial charge in [0.15, 0.2) is 0 Å². The zero-order valence-electron chi connectivity index (χ0n) is 14.6. The molecule has 0 saturated heterocycles. The van der Waals surface area contributed by atoms with Crippen molar-refractivity contribution in [3.05, 3.63) is 65.7 Å². The second kappa shape index (κ2) is 8.01. The molecular formula is C20H22O5S. The van der Waals surface area contributed by atoms with Gasteiger partial charge in [-0.2, -0.15) is 8.42 Å². The summed E-state index contributed by atoms with van der Waals surface area (Å²) in [6.07, 6.45) is 1.79. The molecule has 0 radical (unpaired) electrons. The first kappa shape index (κ1) is 18.6. The Morgan fingerprint density at radius 1 is 1.04 bits per heavy atom. The van der Waals surface area contributed by atoms with Crippen molar-refractivity contribution in [1.29, 1.82) is 0 Å². The van der Waals surface area contributed by atoms with Crippen molar-refractivity contribution in [2.45, 2.75) is 37.2 Å². The lowest BCUT2D eigenvalue weighted by molar-refractivity contribution is 0.0346. The highest BCUT2D eigenvalue weighted by atomic mass is 32.2. The standard InChI is InChI=1S/C20H22O5S/c1-15-10-12-18(13-11-15)26(22,23)25-19-9-5-8-17(19)14-24-20(21)16-6-3-2-4-7-16/h2-4,6-7,10-13,17,19H,5,8-9,14H2,1H3. The third-order valence-electron chi connectivity index (χ3n) is 4.59. The highest BCUT2D eigenvalue weighted by Gasteiger charge is 2.33. The fourth-order valence-corrected chi connectivity index (χ4v) is 4.24. The van der Waals surface area contributed by atoms with Gasteiger partial charge in [0.1, 0.15) is 0 Å². The molecule has 0 N–H and O–H groups in total. The second-order valence-corrected chi connectivity index (χ2v) is 8.13. The molecule has 0 aromatic heterocycles. The van der Waals surface area contributed by atoms with Gasteiger partial charge in [0.05, 0.1) is 23.2 Å². The van der Waals surface area contributed by atoms with Crippen LogP contribution in [0.25, 0.3) is 0 Å². The zero-order chi connectivity index (χ0) is 18.6. The SMILES string of the molecule is Cc1ccc(S(=O)(=O)OC2CCCC2COC(=O)c2ccccc2)cc1. The van der Waals surface area contributed by atoms with Gasteiger partial charge in [-0.05, 0) is 44.0 Å². The Hall–Kier alpha value is -2.18. The highest BCUT2D eigenvalue weighted by Crippen LogP contribution is 2.31. The summed E-state index contributed by atoms with van der Waals surface area (Å²) in [5.74, 6) is -0.527. The van der Waals surface area contributed by atoms with E-state index >= 15 is 0 Å². The van der Waals surface area contributed by atoms with E-state index in [-0.39, 0.29) is 17.4 Å². The molecule has 1 saturated carbocycles. The van der Waals surface area contributed by atoms with Crippen molar-refractivity contribution in [2.24, 2.45) is 5.92 Å². The number of ether oxygens (including phenoxy) is 1. The van der Waals surface area contributed by atoms with E-state index < -0.39 is 22.2 Å². The summed E-state index contributed by atoms with van der Waals surface area (Å²) < 4.78 is 35.8. The van der Waals surface area contributed by atoms with E-state index in [9.17, 15) is 13.2 Å². The van der Waals surface area contributed by atoms with Crippen molar-refractivity contribution in [3.8, 4) is 0 Å². The Balaban J connectivity index is 1.61. The second-order valence-electron chi connectivity index (χ2n) is 6.56. The van der Waals surface area contributed by atoms with Gasteiger partial charge in [0.2, 0.25) is 0 Å². The summed E-state index contributed by atoms with van der Waals surface area (Å²) in [6.45, 7) is 2.05. The third kappa shape index (κ3) is 4.51. The van der Waals surface area contributed by atoms with Crippen molar-refractivity contribution in [2.75, 3.05) is 6.61 Å². The van der Waals surface area contributed by atoms with Gasteiger partial charge >= 0.3 is 5.97 Å². The maximum atomic E-state index is 12.5. The molecule has 3 rings (SSSR count). The fourth-order valence-electron chi connectivity index (χ4n) is 3.08. The van der Waals surface area contributed by atoms with E-state index in [0.717, 1.165) is 18.4 Å². The number of hydrogen-bond donors (Lipinski definition) is 0. The minimum absolute atomic E-state index is 0.122. The van der Waals surface area contributed by atoms with E-state index in [2.05, 4.69) is 0 Å². The Kier molecular flexibility index (Phi) is 5.74. The molecular weight excluding hydrogens is 352 g/mol. The highest BCUT2D eigenvalue weighted by molar-refractivity contribution is 7.86. The first-order chi connectivity index (χ1) is 12.5. The quantitative estimate of drug-likeness (QED) is 0.569. The van der Waals surface area contributed by atoms with Crippen LogP contribution in [0.3, 0.4) is 0 Å². The molecule has 26 heavy (non-hydrogen) atoms. The van der Waals surface area contributed by atoms with E-state index in [1.54, 1.807) is 48.5 Å². The van der Waals surface area contributed by atoms with Crippen LogP contribution in [0.2, 0.25) is 0 Å². The van der Waals surface area contributed by atoms with Gasteiger partial charge in [0.25, 0.3) is 10.1 Å². The number of carbonyl (C=O) groups excluding carboxylic acids is 1. The van der Waals surface area contributed by atoms with Crippen LogP contribution in [0, 0.1) is 12.8 Å². The van der Waals surface area contributed by atoms with Crippen LogP contribution in [0.4, 0.5) is 0 Å². The fraction of sp³-hybridized carbons (Fsp3) is 0.350. The summed E-state index contributed by atoms with van der Waals surface area (Å²) >= 11 is 0. The maximum Gasteiger partial charge on any atom is 0.338 e. The lowest BCUT2D eigenvalue weighted by Crippen LogP contribution is -2.26. The van der Waals surface area contributed by atoms with E-state index in [1.807, 2.05) is 13.0 Å². The maximum absolute atomic E-state index is 12.5. The average Bonchev–Trinajstić information content (AvgIpc) is 3.07. The normalized spacial score (nSPS) is 20.0. The number of esters is 1. The number of benzene rings is 2. The molecule has 0 spiro atoms. The summed E-state index contributed by atoms with van der Waals surface area (Å²) in [5, 5.41) is 0. The molecule has 0 aliphatic heterocycles. The molecule has 6 heteroatoms. The Morgan fingerprint density at radius 3 is 2.42 bits per heavy atom. The van der Waals surface area contributed by atoms with Crippen LogP contribution in [0.5, 0.6) is 0 Å². The van der Waals surface area contributed by atoms with Gasteiger partial charge < -0.3 is 4.74 Å². The van der Waals surface area contributed by atoms with Crippen LogP contribution in [-0.4, -0.2) is 27.1 Å².